The van der Waals surface area contributed by atoms with Crippen molar-refractivity contribution < 1.29 is 9.18 Å². The van der Waals surface area contributed by atoms with E-state index in [1.54, 1.807) is 18.2 Å². The number of aromatic nitrogens is 3. The van der Waals surface area contributed by atoms with Gasteiger partial charge in [-0.3, -0.25) is 9.36 Å². The Kier molecular flexibility index (Phi) is 6.70. The number of nitrogens with zero attached hydrogens (tertiary/aromatic N) is 4. The van der Waals surface area contributed by atoms with Gasteiger partial charge in [-0.1, -0.05) is 54.2 Å². The molecule has 0 aliphatic carbocycles. The van der Waals surface area contributed by atoms with E-state index in [4.69, 9.17) is 0 Å². The molecule has 2 aromatic carbocycles. The number of thioether (sulfide) groups is 1. The van der Waals surface area contributed by atoms with Gasteiger partial charge in [-0.15, -0.1) is 10.2 Å². The van der Waals surface area contributed by atoms with Crippen molar-refractivity contribution in [1.82, 2.24) is 19.7 Å². The minimum Gasteiger partial charge on any atom is -0.337 e. The van der Waals surface area contributed by atoms with Crippen LogP contribution in [0.25, 0.3) is 11.4 Å². The van der Waals surface area contributed by atoms with E-state index in [9.17, 15) is 9.18 Å². The number of hydrogen-bond acceptors (Lipinski definition) is 4. The summed E-state index contributed by atoms with van der Waals surface area (Å²) in [5.74, 6) is 0.537. The normalized spacial score (nSPS) is 18.9. The van der Waals surface area contributed by atoms with Gasteiger partial charge in [0.25, 0.3) is 0 Å². The lowest BCUT2D eigenvalue weighted by atomic mass is 9.98. The summed E-state index contributed by atoms with van der Waals surface area (Å²) in [4.78, 5) is 15.0. The molecule has 2 heterocycles. The molecular formula is C24H27FN4OS. The molecule has 5 nitrogen and oxygen atoms in total. The standard InChI is InChI=1S/C24H27FN4OS/c1-17-9-8-10-18(2)29(17)22(30)16-31-24-27-26-23(20-13-6-7-14-21(20)25)28(24)15-19-11-4-3-5-12-19/h3-7,11-14,17-18H,8-10,15-16H2,1-2H3. The Hall–Kier alpha value is -2.67. The number of halogens is 1. The number of amides is 1. The maximum atomic E-state index is 14.5. The quantitative estimate of drug-likeness (QED) is 0.508. The zero-order chi connectivity index (χ0) is 21.8. The average molecular weight is 439 g/mol. The Morgan fingerprint density at radius 1 is 1.03 bits per heavy atom. The number of hydrogen-bond donors (Lipinski definition) is 0. The van der Waals surface area contributed by atoms with Gasteiger partial charge in [0, 0.05) is 12.1 Å². The Morgan fingerprint density at radius 3 is 2.42 bits per heavy atom. The molecule has 2 unspecified atom stereocenters. The summed E-state index contributed by atoms with van der Waals surface area (Å²) in [5, 5.41) is 9.23. The molecule has 2 atom stereocenters. The first-order chi connectivity index (χ1) is 15.0. The molecule has 1 amide bonds. The molecule has 0 radical (unpaired) electrons. The van der Waals surface area contributed by atoms with E-state index < -0.39 is 0 Å². The second-order valence-corrected chi connectivity index (χ2v) is 9.02. The minimum atomic E-state index is -0.340. The first-order valence-corrected chi connectivity index (χ1v) is 11.7. The number of rotatable bonds is 6. The molecule has 31 heavy (non-hydrogen) atoms. The summed E-state index contributed by atoms with van der Waals surface area (Å²) in [6, 6.07) is 17.0. The van der Waals surface area contributed by atoms with Gasteiger partial charge in [-0.05, 0) is 50.8 Å². The van der Waals surface area contributed by atoms with Crippen molar-refractivity contribution in [3.05, 3.63) is 66.0 Å². The summed E-state index contributed by atoms with van der Waals surface area (Å²) in [5.41, 5.74) is 1.47. The Labute approximate surface area is 186 Å². The molecule has 0 N–H and O–H groups in total. The van der Waals surface area contributed by atoms with Crippen LogP contribution >= 0.6 is 11.8 Å². The van der Waals surface area contributed by atoms with Crippen LogP contribution in [0, 0.1) is 5.82 Å². The van der Waals surface area contributed by atoms with Gasteiger partial charge < -0.3 is 4.90 Å². The highest BCUT2D eigenvalue weighted by Crippen LogP contribution is 2.29. The number of benzene rings is 2. The maximum Gasteiger partial charge on any atom is 0.233 e. The lowest BCUT2D eigenvalue weighted by molar-refractivity contribution is -0.134. The molecular weight excluding hydrogens is 411 g/mol. The third-order valence-electron chi connectivity index (χ3n) is 5.82. The highest BCUT2D eigenvalue weighted by atomic mass is 32.2. The Bertz CT molecular complexity index is 1030. The molecule has 4 rings (SSSR count). The van der Waals surface area contributed by atoms with Crippen LogP contribution in [-0.2, 0) is 11.3 Å². The molecule has 0 spiro atoms. The molecule has 0 bridgehead atoms. The van der Waals surface area contributed by atoms with Crippen molar-refractivity contribution in [1.29, 1.82) is 0 Å². The SMILES string of the molecule is CC1CCCC(C)N1C(=O)CSc1nnc(-c2ccccc2F)n1Cc1ccccc1. The van der Waals surface area contributed by atoms with E-state index in [2.05, 4.69) is 24.0 Å². The van der Waals surface area contributed by atoms with Crippen LogP contribution in [0.5, 0.6) is 0 Å². The van der Waals surface area contributed by atoms with Gasteiger partial charge in [0.1, 0.15) is 5.82 Å². The largest absolute Gasteiger partial charge is 0.337 e. The smallest absolute Gasteiger partial charge is 0.233 e. The molecule has 3 aromatic rings. The zero-order valence-corrected chi connectivity index (χ0v) is 18.7. The van der Waals surface area contributed by atoms with Crippen molar-refractivity contribution in [3.8, 4) is 11.4 Å². The first kappa shape index (κ1) is 21.6. The molecule has 1 aromatic heterocycles. The average Bonchev–Trinajstić information content (AvgIpc) is 3.15. The van der Waals surface area contributed by atoms with Crippen molar-refractivity contribution in [2.75, 3.05) is 5.75 Å². The van der Waals surface area contributed by atoms with Crippen LogP contribution in [0.3, 0.4) is 0 Å². The third kappa shape index (κ3) is 4.82. The van der Waals surface area contributed by atoms with Crippen LogP contribution in [0.1, 0.15) is 38.7 Å². The molecule has 1 fully saturated rings. The number of carbonyl (C=O) groups is 1. The highest BCUT2D eigenvalue weighted by molar-refractivity contribution is 7.99. The molecule has 1 aliphatic rings. The van der Waals surface area contributed by atoms with Gasteiger partial charge in [0.05, 0.1) is 17.9 Å². The number of piperidine rings is 1. The van der Waals surface area contributed by atoms with Gasteiger partial charge >= 0.3 is 0 Å². The van der Waals surface area contributed by atoms with E-state index in [1.807, 2.05) is 39.8 Å². The van der Waals surface area contributed by atoms with Crippen molar-refractivity contribution >= 4 is 17.7 Å². The van der Waals surface area contributed by atoms with Gasteiger partial charge in [-0.25, -0.2) is 4.39 Å². The van der Waals surface area contributed by atoms with Crippen LogP contribution < -0.4 is 0 Å². The van der Waals surface area contributed by atoms with Crippen molar-refractivity contribution in [3.63, 3.8) is 0 Å². The predicted molar refractivity (Wildman–Crippen MR) is 121 cm³/mol. The second kappa shape index (κ2) is 9.64. The third-order valence-corrected chi connectivity index (χ3v) is 6.77. The second-order valence-electron chi connectivity index (χ2n) is 8.08. The van der Waals surface area contributed by atoms with Gasteiger partial charge in [0.15, 0.2) is 11.0 Å². The molecule has 1 aliphatic heterocycles. The number of likely N-dealkylation sites (tertiary alicyclic amines) is 1. The van der Waals surface area contributed by atoms with Crippen LogP contribution in [0.4, 0.5) is 4.39 Å². The van der Waals surface area contributed by atoms with E-state index in [-0.39, 0.29) is 23.8 Å². The summed E-state index contributed by atoms with van der Waals surface area (Å²) < 4.78 is 16.4. The predicted octanol–water partition coefficient (Wildman–Crippen LogP) is 5.01. The Morgan fingerprint density at radius 2 is 1.71 bits per heavy atom. The molecule has 1 saturated heterocycles. The molecule has 0 saturated carbocycles. The first-order valence-electron chi connectivity index (χ1n) is 10.7. The fraction of sp³-hybridized carbons (Fsp3) is 0.375. The van der Waals surface area contributed by atoms with Crippen LogP contribution in [0.2, 0.25) is 0 Å². The minimum absolute atomic E-state index is 0.117. The van der Waals surface area contributed by atoms with Crippen molar-refractivity contribution in [2.45, 2.75) is 56.9 Å². The fourth-order valence-electron chi connectivity index (χ4n) is 4.26. The lowest BCUT2D eigenvalue weighted by Gasteiger charge is -2.39. The highest BCUT2D eigenvalue weighted by Gasteiger charge is 2.29. The Balaban J connectivity index is 1.60. The molecule has 162 valence electrons. The molecule has 7 heteroatoms. The van der Waals surface area contributed by atoms with Gasteiger partial charge in [0.2, 0.25) is 5.91 Å². The summed E-state index contributed by atoms with van der Waals surface area (Å²) >= 11 is 1.37. The maximum absolute atomic E-state index is 14.5. The van der Waals surface area contributed by atoms with Crippen molar-refractivity contribution in [2.24, 2.45) is 0 Å². The summed E-state index contributed by atoms with van der Waals surface area (Å²) in [7, 11) is 0. The van der Waals surface area contributed by atoms with Crippen LogP contribution in [0.15, 0.2) is 59.8 Å². The monoisotopic (exact) mass is 438 g/mol. The van der Waals surface area contributed by atoms with E-state index in [0.29, 0.717) is 28.8 Å². The lowest BCUT2D eigenvalue weighted by Crippen LogP contribution is -2.48. The van der Waals surface area contributed by atoms with Crippen LogP contribution in [-0.4, -0.2) is 43.4 Å². The fourth-order valence-corrected chi connectivity index (χ4v) is 5.07. The summed E-state index contributed by atoms with van der Waals surface area (Å²) in [6.07, 6.45) is 3.25. The van der Waals surface area contributed by atoms with E-state index in [0.717, 1.165) is 24.8 Å². The topological polar surface area (TPSA) is 51.0 Å². The zero-order valence-electron chi connectivity index (χ0n) is 17.9. The van der Waals surface area contributed by atoms with E-state index in [1.165, 1.54) is 17.8 Å². The number of carbonyl (C=O) groups excluding carboxylic acids is 1. The van der Waals surface area contributed by atoms with Gasteiger partial charge in [-0.2, -0.15) is 0 Å². The van der Waals surface area contributed by atoms with E-state index >= 15 is 0 Å². The summed E-state index contributed by atoms with van der Waals surface area (Å²) in [6.45, 7) is 4.74.